The van der Waals surface area contributed by atoms with E-state index in [9.17, 15) is 9.18 Å². The van der Waals surface area contributed by atoms with Gasteiger partial charge in [-0.15, -0.1) is 0 Å². The van der Waals surface area contributed by atoms with Gasteiger partial charge in [-0.2, -0.15) is 0 Å². The van der Waals surface area contributed by atoms with Crippen molar-refractivity contribution in [2.24, 2.45) is 0 Å². The fraction of sp³-hybridized carbons (Fsp3) is 0.381. The Hall–Kier alpha value is -2.56. The van der Waals surface area contributed by atoms with Crippen LogP contribution in [0.5, 0.6) is 5.75 Å². The molecule has 0 radical (unpaired) electrons. The Bertz CT molecular complexity index is 786. The molecule has 1 N–H and O–H groups in total. The summed E-state index contributed by atoms with van der Waals surface area (Å²) in [5.74, 6) is 0.0625. The van der Waals surface area contributed by atoms with Crippen LogP contribution in [0.4, 0.5) is 15.8 Å². The summed E-state index contributed by atoms with van der Waals surface area (Å²) in [4.78, 5) is 14.2. The van der Waals surface area contributed by atoms with E-state index >= 15 is 0 Å². The molecular weight excluding hydrogens is 331 g/mol. The molecule has 26 heavy (non-hydrogen) atoms. The molecule has 3 rings (SSSR count). The number of piperidine rings is 1. The average Bonchev–Trinajstić information content (AvgIpc) is 2.62. The van der Waals surface area contributed by atoms with E-state index in [0.29, 0.717) is 17.1 Å². The van der Waals surface area contributed by atoms with Crippen LogP contribution in [0.3, 0.4) is 0 Å². The minimum atomic E-state index is -0.310. The minimum Gasteiger partial charge on any atom is -0.483 e. The van der Waals surface area contributed by atoms with Crippen molar-refractivity contribution < 1.29 is 13.9 Å². The molecule has 1 amide bonds. The van der Waals surface area contributed by atoms with Gasteiger partial charge in [-0.05, 0) is 62.9 Å². The second kappa shape index (κ2) is 8.21. The molecule has 0 spiro atoms. The van der Waals surface area contributed by atoms with Gasteiger partial charge in [-0.1, -0.05) is 17.7 Å². The topological polar surface area (TPSA) is 41.6 Å². The summed E-state index contributed by atoms with van der Waals surface area (Å²) in [7, 11) is 0. The number of aryl methyl sites for hydroxylation is 2. The van der Waals surface area contributed by atoms with Gasteiger partial charge >= 0.3 is 0 Å². The number of anilines is 2. The van der Waals surface area contributed by atoms with E-state index in [1.807, 2.05) is 32.0 Å². The van der Waals surface area contributed by atoms with Gasteiger partial charge in [0.15, 0.2) is 6.61 Å². The van der Waals surface area contributed by atoms with Crippen molar-refractivity contribution in [1.82, 2.24) is 0 Å². The Morgan fingerprint density at radius 2 is 1.88 bits per heavy atom. The lowest BCUT2D eigenvalue weighted by atomic mass is 10.1. The molecule has 138 valence electrons. The summed E-state index contributed by atoms with van der Waals surface area (Å²) in [5, 5.41) is 2.69. The van der Waals surface area contributed by atoms with Gasteiger partial charge < -0.3 is 15.0 Å². The number of nitrogens with one attached hydrogen (secondary N) is 1. The molecular formula is C21H25FN2O2. The summed E-state index contributed by atoms with van der Waals surface area (Å²) >= 11 is 0. The fourth-order valence-corrected chi connectivity index (χ4v) is 3.28. The summed E-state index contributed by atoms with van der Waals surface area (Å²) in [6.45, 7) is 5.60. The van der Waals surface area contributed by atoms with Crippen LogP contribution in [0.2, 0.25) is 0 Å². The van der Waals surface area contributed by atoms with Gasteiger partial charge in [-0.25, -0.2) is 4.39 Å². The Balaban J connectivity index is 1.57. The largest absolute Gasteiger partial charge is 0.483 e. The highest BCUT2D eigenvalue weighted by Crippen LogP contribution is 2.26. The van der Waals surface area contributed by atoms with Crippen molar-refractivity contribution in [2.75, 3.05) is 29.9 Å². The van der Waals surface area contributed by atoms with Gasteiger partial charge in [0.2, 0.25) is 0 Å². The maximum Gasteiger partial charge on any atom is 0.262 e. The van der Waals surface area contributed by atoms with E-state index in [1.165, 1.54) is 12.5 Å². The molecule has 0 atom stereocenters. The third-order valence-corrected chi connectivity index (χ3v) is 4.62. The summed E-state index contributed by atoms with van der Waals surface area (Å²) < 4.78 is 20.0. The fourth-order valence-electron chi connectivity index (χ4n) is 3.28. The maximum atomic E-state index is 14.4. The zero-order valence-electron chi connectivity index (χ0n) is 15.3. The lowest BCUT2D eigenvalue weighted by molar-refractivity contribution is -0.118. The first-order chi connectivity index (χ1) is 12.5. The van der Waals surface area contributed by atoms with Crippen molar-refractivity contribution in [3.05, 3.63) is 53.3 Å². The monoisotopic (exact) mass is 356 g/mol. The smallest absolute Gasteiger partial charge is 0.262 e. The van der Waals surface area contributed by atoms with Gasteiger partial charge in [-0.3, -0.25) is 4.79 Å². The molecule has 1 aliphatic rings. The normalized spacial score (nSPS) is 14.2. The molecule has 1 heterocycles. The summed E-state index contributed by atoms with van der Waals surface area (Å²) in [6.07, 6.45) is 3.38. The molecule has 0 bridgehead atoms. The maximum absolute atomic E-state index is 14.4. The Morgan fingerprint density at radius 3 is 2.58 bits per heavy atom. The molecule has 0 aliphatic carbocycles. The van der Waals surface area contributed by atoms with Gasteiger partial charge in [0.05, 0.1) is 5.69 Å². The van der Waals surface area contributed by atoms with Crippen LogP contribution in [-0.2, 0) is 4.79 Å². The van der Waals surface area contributed by atoms with Crippen LogP contribution >= 0.6 is 0 Å². The van der Waals surface area contributed by atoms with Gasteiger partial charge in [0.25, 0.3) is 5.91 Å². The Kier molecular flexibility index (Phi) is 5.76. The molecule has 0 aromatic heterocycles. The van der Waals surface area contributed by atoms with E-state index < -0.39 is 0 Å². The molecule has 2 aromatic carbocycles. The van der Waals surface area contributed by atoms with Crippen LogP contribution in [0.25, 0.3) is 0 Å². The number of carbonyl (C=O) groups is 1. The first-order valence-electron chi connectivity index (χ1n) is 9.07. The van der Waals surface area contributed by atoms with Crippen molar-refractivity contribution >= 4 is 17.3 Å². The van der Waals surface area contributed by atoms with Crippen LogP contribution in [0.1, 0.15) is 30.4 Å². The van der Waals surface area contributed by atoms with Crippen molar-refractivity contribution in [2.45, 2.75) is 33.1 Å². The summed E-state index contributed by atoms with van der Waals surface area (Å²) in [6, 6.07) is 10.6. The zero-order chi connectivity index (χ0) is 18.5. The molecule has 5 heteroatoms. The van der Waals surface area contributed by atoms with Gasteiger partial charge in [0.1, 0.15) is 11.6 Å². The molecule has 2 aromatic rings. The molecule has 1 saturated heterocycles. The average molecular weight is 356 g/mol. The number of nitrogens with zero attached hydrogens (tertiary/aromatic N) is 1. The second-order valence-corrected chi connectivity index (χ2v) is 6.82. The Labute approximate surface area is 154 Å². The SMILES string of the molecule is Cc1ccc(OCC(=O)Nc2ccc(N3CCCCC3)c(F)c2)c(C)c1. The molecule has 0 saturated carbocycles. The molecule has 4 nitrogen and oxygen atoms in total. The first kappa shape index (κ1) is 18.2. The lowest BCUT2D eigenvalue weighted by Crippen LogP contribution is -2.30. The van der Waals surface area contributed by atoms with Crippen LogP contribution < -0.4 is 15.0 Å². The number of benzene rings is 2. The predicted molar refractivity (Wildman–Crippen MR) is 103 cm³/mol. The van der Waals surface area contributed by atoms with Crippen molar-refractivity contribution in [3.8, 4) is 5.75 Å². The van der Waals surface area contributed by atoms with E-state index in [0.717, 1.165) is 37.1 Å². The van der Waals surface area contributed by atoms with Gasteiger partial charge in [0, 0.05) is 18.8 Å². The third-order valence-electron chi connectivity index (χ3n) is 4.62. The van der Waals surface area contributed by atoms with Crippen LogP contribution in [0, 0.1) is 19.7 Å². The van der Waals surface area contributed by atoms with Crippen molar-refractivity contribution in [1.29, 1.82) is 0 Å². The third kappa shape index (κ3) is 4.54. The number of amides is 1. The van der Waals surface area contributed by atoms with E-state index in [-0.39, 0.29) is 18.3 Å². The molecule has 1 aliphatic heterocycles. The predicted octanol–water partition coefficient (Wildman–Crippen LogP) is 4.45. The highest BCUT2D eigenvalue weighted by atomic mass is 19.1. The number of ether oxygens (including phenoxy) is 1. The lowest BCUT2D eigenvalue weighted by Gasteiger charge is -2.29. The van der Waals surface area contributed by atoms with Crippen LogP contribution in [-0.4, -0.2) is 25.6 Å². The number of halogens is 1. The highest BCUT2D eigenvalue weighted by Gasteiger charge is 2.15. The first-order valence-corrected chi connectivity index (χ1v) is 9.07. The van der Waals surface area contributed by atoms with E-state index in [1.54, 1.807) is 12.1 Å². The Morgan fingerprint density at radius 1 is 1.12 bits per heavy atom. The minimum absolute atomic E-state index is 0.112. The molecule has 0 unspecified atom stereocenters. The number of rotatable bonds is 5. The van der Waals surface area contributed by atoms with Crippen LogP contribution in [0.15, 0.2) is 36.4 Å². The standard InChI is InChI=1S/C21H25FN2O2/c1-15-6-9-20(16(2)12-15)26-14-21(25)23-17-7-8-19(18(22)13-17)24-10-4-3-5-11-24/h6-9,12-13H,3-5,10-11,14H2,1-2H3,(H,23,25). The van der Waals surface area contributed by atoms with E-state index in [4.69, 9.17) is 4.74 Å². The quantitative estimate of drug-likeness (QED) is 0.860. The number of carbonyl (C=O) groups excluding carboxylic acids is 1. The molecule has 1 fully saturated rings. The number of hydrogen-bond donors (Lipinski definition) is 1. The second-order valence-electron chi connectivity index (χ2n) is 6.82. The zero-order valence-corrected chi connectivity index (χ0v) is 15.3. The number of hydrogen-bond acceptors (Lipinski definition) is 3. The van der Waals surface area contributed by atoms with E-state index in [2.05, 4.69) is 10.2 Å². The summed E-state index contributed by atoms with van der Waals surface area (Å²) in [5.41, 5.74) is 3.17. The highest BCUT2D eigenvalue weighted by molar-refractivity contribution is 5.92. The van der Waals surface area contributed by atoms with Crippen molar-refractivity contribution in [3.63, 3.8) is 0 Å².